The number of nitrogens with two attached hydrogens (primary N) is 1. The summed E-state index contributed by atoms with van der Waals surface area (Å²) in [6.45, 7) is 7.99. The smallest absolute Gasteiger partial charge is 0.139 e. The van der Waals surface area contributed by atoms with Gasteiger partial charge in [-0.3, -0.25) is 0 Å². The molecule has 0 spiro atoms. The molecule has 0 saturated heterocycles. The van der Waals surface area contributed by atoms with Crippen molar-refractivity contribution in [1.29, 1.82) is 0 Å². The van der Waals surface area contributed by atoms with Crippen LogP contribution in [0.1, 0.15) is 35.5 Å². The highest BCUT2D eigenvalue weighted by atomic mass is 16.5. The molecule has 0 amide bonds. The maximum atomic E-state index is 5.81. The third kappa shape index (κ3) is 2.32. The Kier molecular flexibility index (Phi) is 3.28. The van der Waals surface area contributed by atoms with Crippen molar-refractivity contribution in [3.8, 4) is 0 Å². The summed E-state index contributed by atoms with van der Waals surface area (Å²) in [5, 5.41) is 7.41. The van der Waals surface area contributed by atoms with E-state index in [1.165, 1.54) is 0 Å². The zero-order chi connectivity index (χ0) is 13.3. The second-order valence-corrected chi connectivity index (χ2v) is 4.68. The second-order valence-electron chi connectivity index (χ2n) is 4.68. The third-order valence-corrected chi connectivity index (χ3v) is 3.17. The number of anilines is 2. The Bertz CT molecular complexity index is 541. The highest BCUT2D eigenvalue weighted by molar-refractivity contribution is 5.57. The quantitative estimate of drug-likeness (QED) is 0.814. The van der Waals surface area contributed by atoms with Crippen LogP contribution in [0, 0.1) is 20.8 Å². The number of nitrogens with one attached hydrogen (secondary N) is 1. The van der Waals surface area contributed by atoms with Gasteiger partial charge in [0.15, 0.2) is 0 Å². The Labute approximate surface area is 107 Å². The first-order chi connectivity index (χ1) is 8.49. The van der Waals surface area contributed by atoms with E-state index in [2.05, 4.69) is 17.4 Å². The average molecular weight is 245 g/mol. The minimum absolute atomic E-state index is 0.152. The lowest BCUT2D eigenvalue weighted by atomic mass is 10.1. The standard InChI is InChI=1S/C14H19N3O/c1-8-7-12(5-6-13(8)15)16-9(2)14-10(3)17-18-11(14)4/h5-7,9,16H,15H2,1-4H3. The van der Waals surface area contributed by atoms with Gasteiger partial charge in [-0.05, 0) is 51.5 Å². The number of rotatable bonds is 3. The van der Waals surface area contributed by atoms with Crippen LogP contribution in [0.5, 0.6) is 0 Å². The molecular weight excluding hydrogens is 226 g/mol. The van der Waals surface area contributed by atoms with Gasteiger partial charge in [-0.25, -0.2) is 0 Å². The summed E-state index contributed by atoms with van der Waals surface area (Å²) >= 11 is 0. The molecule has 1 aromatic heterocycles. The van der Waals surface area contributed by atoms with Crippen LogP contribution in [-0.2, 0) is 0 Å². The molecule has 2 rings (SSSR count). The van der Waals surface area contributed by atoms with E-state index in [4.69, 9.17) is 10.3 Å². The van der Waals surface area contributed by atoms with E-state index in [1.807, 2.05) is 39.0 Å². The first kappa shape index (κ1) is 12.5. The lowest BCUT2D eigenvalue weighted by Gasteiger charge is -2.16. The number of hydrogen-bond acceptors (Lipinski definition) is 4. The molecule has 0 aliphatic rings. The molecule has 0 saturated carbocycles. The maximum absolute atomic E-state index is 5.81. The molecule has 1 unspecified atom stereocenters. The van der Waals surface area contributed by atoms with Crippen LogP contribution in [0.3, 0.4) is 0 Å². The molecule has 0 aliphatic carbocycles. The Balaban J connectivity index is 2.21. The van der Waals surface area contributed by atoms with Gasteiger partial charge in [0, 0.05) is 16.9 Å². The summed E-state index contributed by atoms with van der Waals surface area (Å²) in [6, 6.07) is 6.10. The van der Waals surface area contributed by atoms with Gasteiger partial charge in [-0.1, -0.05) is 5.16 Å². The molecule has 0 aliphatic heterocycles. The number of hydrogen-bond donors (Lipinski definition) is 2. The number of nitrogens with zero attached hydrogens (tertiary/aromatic N) is 1. The van der Waals surface area contributed by atoms with E-state index in [9.17, 15) is 0 Å². The van der Waals surface area contributed by atoms with E-state index in [1.54, 1.807) is 0 Å². The Hall–Kier alpha value is -1.97. The van der Waals surface area contributed by atoms with Gasteiger partial charge in [-0.2, -0.15) is 0 Å². The normalized spacial score (nSPS) is 12.4. The van der Waals surface area contributed by atoms with Crippen molar-refractivity contribution in [3.63, 3.8) is 0 Å². The van der Waals surface area contributed by atoms with Gasteiger partial charge in [0.05, 0.1) is 11.7 Å². The molecule has 4 heteroatoms. The van der Waals surface area contributed by atoms with Crippen molar-refractivity contribution < 1.29 is 4.52 Å². The molecular formula is C14H19N3O. The highest BCUT2D eigenvalue weighted by Crippen LogP contribution is 2.26. The third-order valence-electron chi connectivity index (χ3n) is 3.17. The first-order valence-corrected chi connectivity index (χ1v) is 6.04. The van der Waals surface area contributed by atoms with Crippen molar-refractivity contribution >= 4 is 11.4 Å². The zero-order valence-electron chi connectivity index (χ0n) is 11.2. The van der Waals surface area contributed by atoms with Gasteiger partial charge >= 0.3 is 0 Å². The van der Waals surface area contributed by atoms with Gasteiger partial charge in [-0.15, -0.1) is 0 Å². The van der Waals surface area contributed by atoms with E-state index >= 15 is 0 Å². The summed E-state index contributed by atoms with van der Waals surface area (Å²) in [5.74, 6) is 0.861. The Morgan fingerprint density at radius 3 is 2.56 bits per heavy atom. The van der Waals surface area contributed by atoms with Gasteiger partial charge in [0.2, 0.25) is 0 Å². The second kappa shape index (κ2) is 4.72. The Morgan fingerprint density at radius 2 is 2.00 bits per heavy atom. The van der Waals surface area contributed by atoms with Crippen molar-refractivity contribution in [2.75, 3.05) is 11.1 Å². The summed E-state index contributed by atoms with van der Waals surface area (Å²) < 4.78 is 5.19. The van der Waals surface area contributed by atoms with Crippen molar-refractivity contribution in [2.45, 2.75) is 33.7 Å². The maximum Gasteiger partial charge on any atom is 0.139 e. The van der Waals surface area contributed by atoms with E-state index in [0.29, 0.717) is 0 Å². The summed E-state index contributed by atoms with van der Waals surface area (Å²) in [7, 11) is 0. The number of nitrogen functional groups attached to an aromatic ring is 1. The monoisotopic (exact) mass is 245 g/mol. The molecule has 0 bridgehead atoms. The molecule has 4 nitrogen and oxygen atoms in total. The van der Waals surface area contributed by atoms with E-state index in [0.717, 1.165) is 34.0 Å². The number of aryl methyl sites for hydroxylation is 3. The predicted molar refractivity (Wildman–Crippen MR) is 73.6 cm³/mol. The Morgan fingerprint density at radius 1 is 1.28 bits per heavy atom. The van der Waals surface area contributed by atoms with Crippen LogP contribution in [0.15, 0.2) is 22.7 Å². The fourth-order valence-corrected chi connectivity index (χ4v) is 2.20. The molecule has 3 N–H and O–H groups in total. The topological polar surface area (TPSA) is 64.1 Å². The molecule has 0 radical (unpaired) electrons. The summed E-state index contributed by atoms with van der Waals surface area (Å²) in [6.07, 6.45) is 0. The minimum atomic E-state index is 0.152. The molecule has 1 heterocycles. The van der Waals surface area contributed by atoms with Crippen LogP contribution in [0.4, 0.5) is 11.4 Å². The summed E-state index contributed by atoms with van der Waals surface area (Å²) in [5.41, 5.74) is 10.8. The van der Waals surface area contributed by atoms with Crippen LogP contribution in [0.25, 0.3) is 0 Å². The molecule has 2 aromatic rings. The molecule has 1 aromatic carbocycles. The molecule has 96 valence electrons. The molecule has 1 atom stereocenters. The van der Waals surface area contributed by atoms with E-state index in [-0.39, 0.29) is 6.04 Å². The first-order valence-electron chi connectivity index (χ1n) is 6.04. The van der Waals surface area contributed by atoms with Crippen molar-refractivity contribution in [1.82, 2.24) is 5.16 Å². The van der Waals surface area contributed by atoms with Crippen LogP contribution in [-0.4, -0.2) is 5.16 Å². The van der Waals surface area contributed by atoms with Crippen LogP contribution >= 0.6 is 0 Å². The SMILES string of the molecule is Cc1cc(NC(C)c2c(C)noc2C)ccc1N. The molecule has 0 fully saturated rings. The average Bonchev–Trinajstić information content (AvgIpc) is 2.64. The van der Waals surface area contributed by atoms with Gasteiger partial charge in [0.25, 0.3) is 0 Å². The van der Waals surface area contributed by atoms with Crippen LogP contribution < -0.4 is 11.1 Å². The summed E-state index contributed by atoms with van der Waals surface area (Å²) in [4.78, 5) is 0. The fourth-order valence-electron chi connectivity index (χ4n) is 2.20. The lowest BCUT2D eigenvalue weighted by Crippen LogP contribution is -2.08. The lowest BCUT2D eigenvalue weighted by molar-refractivity contribution is 0.392. The van der Waals surface area contributed by atoms with Crippen molar-refractivity contribution in [3.05, 3.63) is 40.8 Å². The fraction of sp³-hybridized carbons (Fsp3) is 0.357. The van der Waals surface area contributed by atoms with Crippen LogP contribution in [0.2, 0.25) is 0 Å². The highest BCUT2D eigenvalue weighted by Gasteiger charge is 2.16. The predicted octanol–water partition coefficient (Wildman–Crippen LogP) is 3.36. The van der Waals surface area contributed by atoms with Gasteiger partial charge in [0.1, 0.15) is 5.76 Å². The van der Waals surface area contributed by atoms with E-state index < -0.39 is 0 Å². The largest absolute Gasteiger partial charge is 0.399 e. The van der Waals surface area contributed by atoms with Crippen molar-refractivity contribution in [2.24, 2.45) is 0 Å². The van der Waals surface area contributed by atoms with Gasteiger partial charge < -0.3 is 15.6 Å². The zero-order valence-corrected chi connectivity index (χ0v) is 11.2. The molecule has 18 heavy (non-hydrogen) atoms. The number of aromatic nitrogens is 1. The number of benzene rings is 1. The minimum Gasteiger partial charge on any atom is -0.399 e.